The number of aryl methyl sites for hydroxylation is 1. The number of nitrogens with one attached hydrogen (secondary N) is 1. The van der Waals surface area contributed by atoms with Gasteiger partial charge in [0.15, 0.2) is 0 Å². The number of carbonyl (C=O) groups excluding carboxylic acids is 2. The molecule has 7 nitrogen and oxygen atoms in total. The van der Waals surface area contributed by atoms with Gasteiger partial charge in [-0.3, -0.25) is 9.59 Å². The van der Waals surface area contributed by atoms with Gasteiger partial charge in [0.25, 0.3) is 0 Å². The van der Waals surface area contributed by atoms with Crippen LogP contribution in [0.2, 0.25) is 5.02 Å². The summed E-state index contributed by atoms with van der Waals surface area (Å²) in [4.78, 5) is 27.7. The van der Waals surface area contributed by atoms with E-state index >= 15 is 0 Å². The molecular weight excluding hydrogens is 462 g/mol. The van der Waals surface area contributed by atoms with E-state index < -0.39 is 28.5 Å². The number of benzene rings is 2. The van der Waals surface area contributed by atoms with Gasteiger partial charge in [-0.05, 0) is 49.6 Å². The fourth-order valence-corrected chi connectivity index (χ4v) is 4.57. The molecule has 0 heterocycles. The van der Waals surface area contributed by atoms with E-state index in [1.807, 2.05) is 45.0 Å². The molecule has 0 aromatic heterocycles. The molecule has 0 saturated carbocycles. The Labute approximate surface area is 201 Å². The van der Waals surface area contributed by atoms with Crippen LogP contribution in [-0.4, -0.2) is 55.6 Å². The van der Waals surface area contributed by atoms with E-state index in [2.05, 4.69) is 5.32 Å². The average Bonchev–Trinajstić information content (AvgIpc) is 2.78. The second-order valence-corrected chi connectivity index (χ2v) is 10.4. The highest BCUT2D eigenvalue weighted by Gasteiger charge is 2.31. The first-order valence-electron chi connectivity index (χ1n) is 10.9. The molecule has 0 bridgehead atoms. The smallest absolute Gasteiger partial charge is 0.243 e. The molecule has 2 aromatic rings. The maximum atomic E-state index is 13.4. The first-order chi connectivity index (χ1) is 15.6. The second kappa shape index (κ2) is 12.2. The number of sulfonamides is 1. The normalized spacial score (nSPS) is 12.4. The third kappa shape index (κ3) is 7.28. The molecule has 1 atom stereocenters. The van der Waals surface area contributed by atoms with E-state index in [1.165, 1.54) is 36.2 Å². The molecule has 0 aliphatic rings. The molecule has 33 heavy (non-hydrogen) atoms. The number of likely N-dealkylation sites (N-methyl/N-ethyl adjacent to an activating group) is 1. The van der Waals surface area contributed by atoms with Gasteiger partial charge in [0.05, 0.1) is 11.4 Å². The summed E-state index contributed by atoms with van der Waals surface area (Å²) in [6.07, 6.45) is 1.18. The van der Waals surface area contributed by atoms with E-state index in [1.54, 1.807) is 0 Å². The highest BCUT2D eigenvalue weighted by Crippen LogP contribution is 2.19. The van der Waals surface area contributed by atoms with Gasteiger partial charge in [-0.2, -0.15) is 4.31 Å². The summed E-state index contributed by atoms with van der Waals surface area (Å²) < 4.78 is 26.9. The van der Waals surface area contributed by atoms with Crippen LogP contribution in [0.4, 0.5) is 0 Å². The van der Waals surface area contributed by atoms with Crippen LogP contribution < -0.4 is 5.32 Å². The van der Waals surface area contributed by atoms with E-state index in [4.69, 9.17) is 11.6 Å². The van der Waals surface area contributed by atoms with E-state index in [0.717, 1.165) is 21.9 Å². The quantitative estimate of drug-likeness (QED) is 0.518. The first kappa shape index (κ1) is 26.8. The van der Waals surface area contributed by atoms with Gasteiger partial charge in [0.1, 0.15) is 6.04 Å². The Balaban J connectivity index is 2.29. The predicted molar refractivity (Wildman–Crippen MR) is 130 cm³/mol. The molecule has 0 unspecified atom stereocenters. The third-order valence-corrected chi connectivity index (χ3v) is 7.36. The molecule has 180 valence electrons. The maximum Gasteiger partial charge on any atom is 0.243 e. The van der Waals surface area contributed by atoms with Crippen LogP contribution in [0.3, 0.4) is 0 Å². The lowest BCUT2D eigenvalue weighted by atomic mass is 10.1. The minimum atomic E-state index is -3.90. The third-order valence-electron chi connectivity index (χ3n) is 5.29. The van der Waals surface area contributed by atoms with Crippen molar-refractivity contribution >= 4 is 33.4 Å². The van der Waals surface area contributed by atoms with Gasteiger partial charge in [0, 0.05) is 25.2 Å². The summed E-state index contributed by atoms with van der Waals surface area (Å²) in [7, 11) is -2.55. The van der Waals surface area contributed by atoms with Crippen molar-refractivity contribution in [1.82, 2.24) is 14.5 Å². The maximum absolute atomic E-state index is 13.4. The minimum Gasteiger partial charge on any atom is -0.354 e. The lowest BCUT2D eigenvalue weighted by molar-refractivity contribution is -0.141. The fourth-order valence-electron chi connectivity index (χ4n) is 3.33. The van der Waals surface area contributed by atoms with Gasteiger partial charge in [-0.15, -0.1) is 0 Å². The molecule has 0 aliphatic carbocycles. The van der Waals surface area contributed by atoms with E-state index in [9.17, 15) is 18.0 Å². The van der Waals surface area contributed by atoms with Crippen molar-refractivity contribution in [2.45, 2.75) is 51.1 Å². The van der Waals surface area contributed by atoms with E-state index in [-0.39, 0.29) is 17.3 Å². The summed E-state index contributed by atoms with van der Waals surface area (Å²) in [5, 5.41) is 3.27. The number of hydrogen-bond acceptors (Lipinski definition) is 4. The van der Waals surface area contributed by atoms with Crippen LogP contribution >= 0.6 is 11.6 Å². The fraction of sp³-hybridized carbons (Fsp3) is 0.417. The summed E-state index contributed by atoms with van der Waals surface area (Å²) in [5.41, 5.74) is 1.94. The van der Waals surface area contributed by atoms with E-state index in [0.29, 0.717) is 18.0 Å². The molecule has 0 spiro atoms. The molecule has 2 aromatic carbocycles. The number of nitrogens with zero attached hydrogens (tertiary/aromatic N) is 2. The Bertz CT molecular complexity index is 1040. The van der Waals surface area contributed by atoms with Gasteiger partial charge in [-0.25, -0.2) is 8.42 Å². The molecule has 0 saturated heterocycles. The number of carbonyl (C=O) groups is 2. The Morgan fingerprint density at radius 3 is 2.18 bits per heavy atom. The molecule has 0 radical (unpaired) electrons. The summed E-state index contributed by atoms with van der Waals surface area (Å²) in [6, 6.07) is 12.7. The van der Waals surface area contributed by atoms with Crippen molar-refractivity contribution in [2.24, 2.45) is 0 Å². The minimum absolute atomic E-state index is 0.0417. The number of amides is 2. The molecule has 9 heteroatoms. The predicted octanol–water partition coefficient (Wildman–Crippen LogP) is 3.60. The van der Waals surface area contributed by atoms with Crippen LogP contribution in [-0.2, 0) is 26.2 Å². The number of rotatable bonds is 11. The van der Waals surface area contributed by atoms with Crippen molar-refractivity contribution in [2.75, 3.05) is 20.1 Å². The Morgan fingerprint density at radius 2 is 1.64 bits per heavy atom. The standard InChI is InChI=1S/C24H32ClN3O4S/c1-5-15-26-24(30)22(6-2)28(16-19-9-7-18(3)8-10-19)23(29)17-27(4)33(31,32)21-13-11-20(25)12-14-21/h7-14,22H,5-6,15-17H2,1-4H3,(H,26,30)/t22-/m0/s1. The molecule has 0 fully saturated rings. The molecule has 2 amide bonds. The SMILES string of the molecule is CCCNC(=O)[C@H](CC)N(Cc1ccc(C)cc1)C(=O)CN(C)S(=O)(=O)c1ccc(Cl)cc1. The van der Waals surface area contributed by atoms with Crippen LogP contribution in [0.5, 0.6) is 0 Å². The number of halogens is 1. The van der Waals surface area contributed by atoms with Crippen molar-refractivity contribution in [1.29, 1.82) is 0 Å². The first-order valence-corrected chi connectivity index (χ1v) is 12.8. The van der Waals surface area contributed by atoms with Gasteiger partial charge < -0.3 is 10.2 Å². The van der Waals surface area contributed by atoms with Gasteiger partial charge in [0.2, 0.25) is 21.8 Å². The van der Waals surface area contributed by atoms with Crippen molar-refractivity contribution in [3.05, 3.63) is 64.7 Å². The molecular formula is C24H32ClN3O4S. The average molecular weight is 494 g/mol. The monoisotopic (exact) mass is 493 g/mol. The Hall–Kier alpha value is -2.42. The summed E-state index contributed by atoms with van der Waals surface area (Å²) in [6.45, 7) is 6.07. The highest BCUT2D eigenvalue weighted by molar-refractivity contribution is 7.89. The Morgan fingerprint density at radius 1 is 1.03 bits per heavy atom. The topological polar surface area (TPSA) is 86.8 Å². The largest absolute Gasteiger partial charge is 0.354 e. The highest BCUT2D eigenvalue weighted by atomic mass is 35.5. The molecule has 2 rings (SSSR count). The van der Waals surface area contributed by atoms with Crippen molar-refractivity contribution in [3.8, 4) is 0 Å². The second-order valence-electron chi connectivity index (χ2n) is 7.94. The van der Waals surface area contributed by atoms with Crippen LogP contribution in [0.25, 0.3) is 0 Å². The zero-order valence-electron chi connectivity index (χ0n) is 19.5. The van der Waals surface area contributed by atoms with Crippen LogP contribution in [0.15, 0.2) is 53.4 Å². The molecule has 0 aliphatic heterocycles. The lowest BCUT2D eigenvalue weighted by Crippen LogP contribution is -2.51. The Kier molecular flexibility index (Phi) is 9.88. The number of hydrogen-bond donors (Lipinski definition) is 1. The zero-order chi connectivity index (χ0) is 24.6. The summed E-state index contributed by atoms with van der Waals surface area (Å²) >= 11 is 5.86. The van der Waals surface area contributed by atoms with Crippen LogP contribution in [0.1, 0.15) is 37.8 Å². The summed E-state index contributed by atoms with van der Waals surface area (Å²) in [5.74, 6) is -0.697. The van der Waals surface area contributed by atoms with Crippen molar-refractivity contribution in [3.63, 3.8) is 0 Å². The van der Waals surface area contributed by atoms with Gasteiger partial charge in [-0.1, -0.05) is 55.3 Å². The van der Waals surface area contributed by atoms with Gasteiger partial charge >= 0.3 is 0 Å². The van der Waals surface area contributed by atoms with Crippen molar-refractivity contribution < 1.29 is 18.0 Å². The molecule has 1 N–H and O–H groups in total. The zero-order valence-corrected chi connectivity index (χ0v) is 21.1. The van der Waals surface area contributed by atoms with Crippen LogP contribution in [0, 0.1) is 6.92 Å². The lowest BCUT2D eigenvalue weighted by Gasteiger charge is -2.32.